The number of imide groups is 1. The first-order chi connectivity index (χ1) is 35.2. The third-order valence-electron chi connectivity index (χ3n) is 13.6. The van der Waals surface area contributed by atoms with Gasteiger partial charge in [0.15, 0.2) is 11.0 Å². The number of methoxy groups -OCH3 is 3. The molecule has 0 bridgehead atoms. The fourth-order valence-corrected chi connectivity index (χ4v) is 11.2. The lowest BCUT2D eigenvalue weighted by molar-refractivity contribution is -0.178. The number of hydrogen-bond donors (Lipinski definition) is 3. The van der Waals surface area contributed by atoms with E-state index in [2.05, 4.69) is 27.5 Å². The van der Waals surface area contributed by atoms with Crippen molar-refractivity contribution >= 4 is 74.1 Å². The van der Waals surface area contributed by atoms with Crippen LogP contribution in [0.2, 0.25) is 0 Å². The SMILES string of the molecule is COC(=O)C(CC#Cc1ccc2c(c1)C1(C(=O)N2C(=O)NC(C(=O)OC)C(C)C)C(C(=O)Nc2nc3ccccc3s2)C2C(=O)OC(c3ccccc3)C(c3ccccc3)N2C1c1ccc(O)cc1)C(=O)OC. The highest BCUT2D eigenvalue weighted by atomic mass is 32.1. The number of aromatic nitrogens is 1. The summed E-state index contributed by atoms with van der Waals surface area (Å²) >= 11 is 1.18. The fourth-order valence-electron chi connectivity index (χ4n) is 10.4. The van der Waals surface area contributed by atoms with E-state index >= 15 is 19.2 Å². The highest BCUT2D eigenvalue weighted by Gasteiger charge is 2.75. The van der Waals surface area contributed by atoms with Crippen LogP contribution in [0.1, 0.15) is 66.3 Å². The van der Waals surface area contributed by atoms with Gasteiger partial charge in [-0.25, -0.2) is 19.5 Å². The van der Waals surface area contributed by atoms with Crippen LogP contribution in [-0.2, 0) is 53.1 Å². The molecule has 73 heavy (non-hydrogen) atoms. The second-order valence-corrected chi connectivity index (χ2v) is 19.0. The molecule has 6 aromatic rings. The van der Waals surface area contributed by atoms with Gasteiger partial charge in [-0.2, -0.15) is 0 Å². The van der Waals surface area contributed by atoms with E-state index in [-0.39, 0.29) is 34.1 Å². The number of thiazole rings is 1. The molecule has 0 radical (unpaired) electrons. The number of nitrogens with zero attached hydrogens (tertiary/aromatic N) is 3. The summed E-state index contributed by atoms with van der Waals surface area (Å²) < 4.78 is 22.0. The first kappa shape index (κ1) is 49.6. The second kappa shape index (κ2) is 20.4. The van der Waals surface area contributed by atoms with Crippen molar-refractivity contribution in [1.29, 1.82) is 0 Å². The first-order valence-corrected chi connectivity index (χ1v) is 24.1. The molecule has 1 aromatic heterocycles. The number of aromatic hydroxyl groups is 1. The molecule has 4 heterocycles. The van der Waals surface area contributed by atoms with Crippen LogP contribution in [0, 0.1) is 29.6 Å². The number of carbonyl (C=O) groups excluding carboxylic acids is 7. The number of benzene rings is 5. The molecular formula is C55H49N5O12S. The third-order valence-corrected chi connectivity index (χ3v) is 14.5. The van der Waals surface area contributed by atoms with Crippen LogP contribution in [0.25, 0.3) is 10.2 Å². The number of esters is 4. The van der Waals surface area contributed by atoms with E-state index in [1.165, 1.54) is 42.7 Å². The Kier molecular flexibility index (Phi) is 13.8. The van der Waals surface area contributed by atoms with Crippen LogP contribution in [0.5, 0.6) is 5.75 Å². The van der Waals surface area contributed by atoms with E-state index in [0.717, 1.165) is 23.8 Å². The van der Waals surface area contributed by atoms with Gasteiger partial charge in [0.05, 0.1) is 55.2 Å². The highest BCUT2D eigenvalue weighted by Crippen LogP contribution is 2.66. The Hall–Kier alpha value is -8.40. The van der Waals surface area contributed by atoms with Gasteiger partial charge < -0.3 is 34.7 Å². The summed E-state index contributed by atoms with van der Waals surface area (Å²) in [6, 6.07) is 30.0. The summed E-state index contributed by atoms with van der Waals surface area (Å²) in [5, 5.41) is 16.6. The predicted octanol–water partition coefficient (Wildman–Crippen LogP) is 6.92. The molecule has 3 aliphatic rings. The Morgan fingerprint density at radius 3 is 2.04 bits per heavy atom. The molecule has 2 fully saturated rings. The fraction of sp³-hybridized carbons (Fsp3) is 0.273. The minimum atomic E-state index is -2.26. The molecule has 5 aromatic carbocycles. The lowest BCUT2D eigenvalue weighted by atomic mass is 9.65. The molecule has 372 valence electrons. The number of carbonyl (C=O) groups is 7. The number of ether oxygens (including phenoxy) is 4. The Labute approximate surface area is 423 Å². The summed E-state index contributed by atoms with van der Waals surface area (Å²) in [6.45, 7) is 3.38. The zero-order valence-electron chi connectivity index (χ0n) is 40.1. The summed E-state index contributed by atoms with van der Waals surface area (Å²) in [6.07, 6.45) is -1.35. The summed E-state index contributed by atoms with van der Waals surface area (Å²) in [5.74, 6) is -3.04. The molecule has 7 atom stereocenters. The molecular weight excluding hydrogens is 955 g/mol. The van der Waals surface area contributed by atoms with Gasteiger partial charge in [-0.1, -0.05) is 122 Å². The van der Waals surface area contributed by atoms with Crippen molar-refractivity contribution in [2.75, 3.05) is 31.5 Å². The Morgan fingerprint density at radius 1 is 0.781 bits per heavy atom. The van der Waals surface area contributed by atoms with Crippen LogP contribution in [0.15, 0.2) is 127 Å². The van der Waals surface area contributed by atoms with Crippen molar-refractivity contribution in [3.63, 3.8) is 0 Å². The zero-order chi connectivity index (χ0) is 51.7. The van der Waals surface area contributed by atoms with Crippen molar-refractivity contribution in [3.05, 3.63) is 155 Å². The van der Waals surface area contributed by atoms with E-state index < -0.39 is 95.2 Å². The highest BCUT2D eigenvalue weighted by molar-refractivity contribution is 7.22. The van der Waals surface area contributed by atoms with Crippen molar-refractivity contribution in [1.82, 2.24) is 15.2 Å². The number of amides is 4. The zero-order valence-corrected chi connectivity index (χ0v) is 41.0. The van der Waals surface area contributed by atoms with Gasteiger partial charge in [0, 0.05) is 12.0 Å². The number of anilines is 2. The minimum absolute atomic E-state index is 0.00642. The van der Waals surface area contributed by atoms with Crippen LogP contribution < -0.4 is 15.5 Å². The summed E-state index contributed by atoms with van der Waals surface area (Å²) in [7, 11) is 3.43. The molecule has 0 aliphatic carbocycles. The number of phenols is 1. The maximum absolute atomic E-state index is 16.6. The smallest absolute Gasteiger partial charge is 0.329 e. The van der Waals surface area contributed by atoms with Crippen LogP contribution in [-0.4, -0.2) is 90.1 Å². The van der Waals surface area contributed by atoms with Crippen molar-refractivity contribution in [3.8, 4) is 17.6 Å². The number of morpholine rings is 1. The molecule has 2 saturated heterocycles. The average molecular weight is 1000 g/mol. The molecule has 1 spiro atoms. The Balaban J connectivity index is 1.34. The summed E-state index contributed by atoms with van der Waals surface area (Å²) in [4.78, 5) is 109. The number of para-hydroxylation sites is 1. The van der Waals surface area contributed by atoms with E-state index in [0.29, 0.717) is 22.2 Å². The lowest BCUT2D eigenvalue weighted by Gasteiger charge is -2.46. The monoisotopic (exact) mass is 1000 g/mol. The van der Waals surface area contributed by atoms with Crippen LogP contribution >= 0.6 is 11.3 Å². The van der Waals surface area contributed by atoms with Crippen molar-refractivity contribution in [2.45, 2.75) is 56.0 Å². The molecule has 7 unspecified atom stereocenters. The second-order valence-electron chi connectivity index (χ2n) is 18.0. The van der Waals surface area contributed by atoms with Gasteiger partial charge in [-0.05, 0) is 70.6 Å². The number of fused-ring (bicyclic) bond motifs is 4. The van der Waals surface area contributed by atoms with Gasteiger partial charge in [0.2, 0.25) is 11.8 Å². The third kappa shape index (κ3) is 8.80. The van der Waals surface area contributed by atoms with Gasteiger partial charge in [0.1, 0.15) is 29.4 Å². The average Bonchev–Trinajstić information content (AvgIpc) is 4.09. The largest absolute Gasteiger partial charge is 0.508 e. The first-order valence-electron chi connectivity index (χ1n) is 23.3. The molecule has 9 rings (SSSR count). The molecule has 3 N–H and O–H groups in total. The van der Waals surface area contributed by atoms with Gasteiger partial charge in [-0.3, -0.25) is 28.9 Å². The number of phenolic OH excluding ortho intramolecular Hbond substituents is 1. The van der Waals surface area contributed by atoms with E-state index in [9.17, 15) is 19.5 Å². The van der Waals surface area contributed by atoms with E-state index in [1.54, 1.807) is 44.2 Å². The Morgan fingerprint density at radius 2 is 1.41 bits per heavy atom. The van der Waals surface area contributed by atoms with Crippen molar-refractivity contribution < 1.29 is 57.6 Å². The lowest BCUT2D eigenvalue weighted by Crippen LogP contribution is -2.57. The van der Waals surface area contributed by atoms with Gasteiger partial charge in [-0.15, -0.1) is 0 Å². The normalized spacial score (nSPS) is 21.4. The van der Waals surface area contributed by atoms with E-state index in [4.69, 9.17) is 18.9 Å². The molecule has 17 nitrogen and oxygen atoms in total. The predicted molar refractivity (Wildman–Crippen MR) is 266 cm³/mol. The molecule has 0 saturated carbocycles. The minimum Gasteiger partial charge on any atom is -0.508 e. The Bertz CT molecular complexity index is 3160. The van der Waals surface area contributed by atoms with Gasteiger partial charge in [0.25, 0.3) is 0 Å². The maximum atomic E-state index is 16.6. The summed E-state index contributed by atoms with van der Waals surface area (Å²) in [5.41, 5.74) is 0.261. The number of cyclic esters (lactones) is 1. The maximum Gasteiger partial charge on any atom is 0.329 e. The van der Waals surface area contributed by atoms with Crippen molar-refractivity contribution in [2.24, 2.45) is 17.8 Å². The van der Waals surface area contributed by atoms with Crippen LogP contribution in [0.4, 0.5) is 15.6 Å². The molecule has 4 amide bonds. The standard InChI is InChI=1S/C55H49N5O12S/c1-30(2)42(50(65)71-5)57-54(68)59-39-28-23-31(15-14-20-36(48(63)69-3)49(64)70-4)29-37(39)55(52(59)67)41(47(62)58-53-56-38-21-12-13-22-40(38)73-53)44-51(66)72-45(33-18-10-7-11-19-33)43(32-16-8-6-9-17-32)60(44)46(55)34-24-26-35(61)27-25-34/h6-13,16-19,21-30,36,41-46,61H,20H2,1-5H3,(H,57,68)(H,56,58,62). The number of urea groups is 1. The number of rotatable bonds is 11. The van der Waals surface area contributed by atoms with E-state index in [1.807, 2.05) is 77.7 Å². The van der Waals surface area contributed by atoms with Crippen LogP contribution in [0.3, 0.4) is 0 Å². The number of nitrogens with one attached hydrogen (secondary N) is 2. The quantitative estimate of drug-likeness (QED) is 0.0520. The topological polar surface area (TPSA) is 220 Å². The molecule has 18 heteroatoms. The molecule has 3 aliphatic heterocycles. The number of hydrogen-bond acceptors (Lipinski definition) is 15. The van der Waals surface area contributed by atoms with Gasteiger partial charge >= 0.3 is 29.9 Å².